The quantitative estimate of drug-likeness (QED) is 0.876. The molecule has 0 saturated carbocycles. The van der Waals surface area contributed by atoms with Crippen LogP contribution in [-0.4, -0.2) is 33.4 Å². The summed E-state index contributed by atoms with van der Waals surface area (Å²) in [7, 11) is 1.39. The summed E-state index contributed by atoms with van der Waals surface area (Å²) in [6, 6.07) is 4.52. The summed E-state index contributed by atoms with van der Waals surface area (Å²) in [5.74, 6) is -0.616. The highest BCUT2D eigenvalue weighted by Gasteiger charge is 2.25. The van der Waals surface area contributed by atoms with Gasteiger partial charge in [0.2, 0.25) is 5.82 Å². The molecule has 0 unspecified atom stereocenters. The zero-order valence-electron chi connectivity index (χ0n) is 11.2. The molecule has 2 N–H and O–H groups in total. The van der Waals surface area contributed by atoms with Gasteiger partial charge in [0.05, 0.1) is 7.11 Å². The molecule has 2 aromatic rings. The van der Waals surface area contributed by atoms with Gasteiger partial charge in [0.1, 0.15) is 16.9 Å². The number of aromatic nitrogens is 2. The molecule has 20 heavy (non-hydrogen) atoms. The monoisotopic (exact) mass is 278 g/mol. The van der Waals surface area contributed by atoms with E-state index in [-0.39, 0.29) is 23.0 Å². The van der Waals surface area contributed by atoms with Crippen molar-refractivity contribution in [3.05, 3.63) is 29.7 Å². The zero-order chi connectivity index (χ0) is 14.9. The molecule has 2 rings (SSSR count). The van der Waals surface area contributed by atoms with Crippen LogP contribution in [0.15, 0.2) is 22.7 Å². The van der Waals surface area contributed by atoms with Gasteiger partial charge in [-0.1, -0.05) is 5.16 Å². The Hall–Kier alpha value is -2.41. The Balaban J connectivity index is 2.46. The number of hydrogen-bond donors (Lipinski definition) is 2. The summed E-state index contributed by atoms with van der Waals surface area (Å²) in [5, 5.41) is 22.6. The highest BCUT2D eigenvalue weighted by molar-refractivity contribution is 5.92. The predicted octanol–water partition coefficient (Wildman–Crippen LogP) is 1.67. The summed E-state index contributed by atoms with van der Waals surface area (Å²) in [6.45, 7) is 3.03. The standard InChI is InChI=1S/C13H14N2O5/c1-13(2,18)12-14-10(15-20-12)7-4-5-9(19-3)8(6-7)11(16)17/h4-6,18H,1-3H3,(H,16,17). The Morgan fingerprint density at radius 3 is 2.60 bits per heavy atom. The van der Waals surface area contributed by atoms with Gasteiger partial charge in [-0.05, 0) is 32.0 Å². The summed E-state index contributed by atoms with van der Waals surface area (Å²) in [5.41, 5.74) is -0.796. The van der Waals surface area contributed by atoms with Crippen LogP contribution >= 0.6 is 0 Å². The van der Waals surface area contributed by atoms with Crippen LogP contribution in [0.4, 0.5) is 0 Å². The molecule has 1 aromatic heterocycles. The van der Waals surface area contributed by atoms with Crippen molar-refractivity contribution in [1.29, 1.82) is 0 Å². The maximum atomic E-state index is 11.1. The first-order valence-corrected chi connectivity index (χ1v) is 5.81. The van der Waals surface area contributed by atoms with Crippen LogP contribution in [0.2, 0.25) is 0 Å². The molecule has 0 bridgehead atoms. The minimum Gasteiger partial charge on any atom is -0.496 e. The molecule has 0 saturated heterocycles. The minimum absolute atomic E-state index is 0.000362. The fourth-order valence-electron chi connectivity index (χ4n) is 1.60. The Labute approximate surface area is 114 Å². The van der Waals surface area contributed by atoms with E-state index in [9.17, 15) is 9.90 Å². The van der Waals surface area contributed by atoms with Crippen molar-refractivity contribution in [1.82, 2.24) is 10.1 Å². The first kappa shape index (κ1) is 14.0. The van der Waals surface area contributed by atoms with Crippen molar-refractivity contribution in [3.63, 3.8) is 0 Å². The molecule has 0 aliphatic heterocycles. The van der Waals surface area contributed by atoms with Gasteiger partial charge in [-0.15, -0.1) is 0 Å². The van der Waals surface area contributed by atoms with Crippen LogP contribution in [0, 0.1) is 0 Å². The Bertz CT molecular complexity index is 642. The van der Waals surface area contributed by atoms with E-state index in [4.69, 9.17) is 14.4 Å². The second-order valence-electron chi connectivity index (χ2n) is 4.70. The van der Waals surface area contributed by atoms with Gasteiger partial charge < -0.3 is 19.5 Å². The first-order valence-electron chi connectivity index (χ1n) is 5.81. The molecule has 0 spiro atoms. The molecular formula is C13H14N2O5. The molecule has 106 valence electrons. The summed E-state index contributed by atoms with van der Waals surface area (Å²) < 4.78 is 9.92. The van der Waals surface area contributed by atoms with E-state index in [1.165, 1.54) is 33.1 Å². The average molecular weight is 278 g/mol. The molecule has 1 aromatic carbocycles. The number of carboxylic acids is 1. The van der Waals surface area contributed by atoms with Gasteiger partial charge in [-0.25, -0.2) is 4.79 Å². The third kappa shape index (κ3) is 2.62. The third-order valence-corrected chi connectivity index (χ3v) is 2.64. The maximum Gasteiger partial charge on any atom is 0.339 e. The minimum atomic E-state index is -1.26. The van der Waals surface area contributed by atoms with E-state index in [0.29, 0.717) is 5.56 Å². The zero-order valence-corrected chi connectivity index (χ0v) is 11.2. The van der Waals surface area contributed by atoms with Gasteiger partial charge >= 0.3 is 5.97 Å². The second-order valence-corrected chi connectivity index (χ2v) is 4.70. The number of carboxylic acid groups (broad SMARTS) is 1. The van der Waals surface area contributed by atoms with Crippen LogP contribution in [0.25, 0.3) is 11.4 Å². The van der Waals surface area contributed by atoms with Crippen molar-refractivity contribution in [3.8, 4) is 17.1 Å². The Kier molecular flexibility index (Phi) is 3.46. The van der Waals surface area contributed by atoms with Crippen molar-refractivity contribution in [2.75, 3.05) is 7.11 Å². The average Bonchev–Trinajstić information content (AvgIpc) is 2.87. The van der Waals surface area contributed by atoms with E-state index in [0.717, 1.165) is 0 Å². The molecule has 1 heterocycles. The summed E-state index contributed by atoms with van der Waals surface area (Å²) in [4.78, 5) is 15.2. The SMILES string of the molecule is COc1ccc(-c2noc(C(C)(C)O)n2)cc1C(=O)O. The van der Waals surface area contributed by atoms with Gasteiger partial charge in [0.15, 0.2) is 0 Å². The maximum absolute atomic E-state index is 11.1. The van der Waals surface area contributed by atoms with Crippen molar-refractivity contribution in [2.45, 2.75) is 19.4 Å². The fourth-order valence-corrected chi connectivity index (χ4v) is 1.60. The highest BCUT2D eigenvalue weighted by atomic mass is 16.5. The topological polar surface area (TPSA) is 106 Å². The fraction of sp³-hybridized carbons (Fsp3) is 0.308. The third-order valence-electron chi connectivity index (χ3n) is 2.64. The summed E-state index contributed by atoms with van der Waals surface area (Å²) in [6.07, 6.45) is 0. The number of benzene rings is 1. The van der Waals surface area contributed by atoms with Crippen LogP contribution < -0.4 is 4.74 Å². The molecule has 0 aliphatic rings. The van der Waals surface area contributed by atoms with Crippen molar-refractivity contribution in [2.24, 2.45) is 0 Å². The lowest BCUT2D eigenvalue weighted by molar-refractivity contribution is 0.0420. The molecule has 0 radical (unpaired) electrons. The molecule has 7 heteroatoms. The number of nitrogens with zero attached hydrogens (tertiary/aromatic N) is 2. The first-order chi connectivity index (χ1) is 9.32. The number of aromatic carboxylic acids is 1. The Morgan fingerprint density at radius 2 is 2.10 bits per heavy atom. The van der Waals surface area contributed by atoms with Crippen LogP contribution in [0.1, 0.15) is 30.1 Å². The van der Waals surface area contributed by atoms with E-state index in [1.807, 2.05) is 0 Å². The number of hydrogen-bond acceptors (Lipinski definition) is 6. The van der Waals surface area contributed by atoms with Gasteiger partial charge in [-0.3, -0.25) is 0 Å². The number of carbonyl (C=O) groups is 1. The van der Waals surface area contributed by atoms with E-state index < -0.39 is 11.6 Å². The van der Waals surface area contributed by atoms with Gasteiger partial charge in [0, 0.05) is 5.56 Å². The van der Waals surface area contributed by atoms with Crippen molar-refractivity contribution < 1.29 is 24.3 Å². The number of aliphatic hydroxyl groups is 1. The van der Waals surface area contributed by atoms with Crippen LogP contribution in [0.3, 0.4) is 0 Å². The lowest BCUT2D eigenvalue weighted by atomic mass is 10.1. The normalized spacial score (nSPS) is 11.4. The smallest absolute Gasteiger partial charge is 0.339 e. The molecule has 0 fully saturated rings. The van der Waals surface area contributed by atoms with Gasteiger partial charge in [0.25, 0.3) is 5.89 Å². The van der Waals surface area contributed by atoms with E-state index in [2.05, 4.69) is 10.1 Å². The Morgan fingerprint density at radius 1 is 1.40 bits per heavy atom. The molecule has 7 nitrogen and oxygen atoms in total. The van der Waals surface area contributed by atoms with Crippen LogP contribution in [-0.2, 0) is 5.60 Å². The lowest BCUT2D eigenvalue weighted by Gasteiger charge is -2.09. The molecule has 0 aliphatic carbocycles. The molecule has 0 atom stereocenters. The van der Waals surface area contributed by atoms with E-state index in [1.54, 1.807) is 6.07 Å². The molecular weight excluding hydrogens is 264 g/mol. The van der Waals surface area contributed by atoms with Crippen molar-refractivity contribution >= 4 is 5.97 Å². The number of ether oxygens (including phenoxy) is 1. The lowest BCUT2D eigenvalue weighted by Crippen LogP contribution is -2.15. The van der Waals surface area contributed by atoms with Gasteiger partial charge in [-0.2, -0.15) is 4.98 Å². The largest absolute Gasteiger partial charge is 0.496 e. The van der Waals surface area contributed by atoms with E-state index >= 15 is 0 Å². The summed E-state index contributed by atoms with van der Waals surface area (Å²) >= 11 is 0. The second kappa shape index (κ2) is 4.93. The molecule has 0 amide bonds. The predicted molar refractivity (Wildman–Crippen MR) is 68.5 cm³/mol. The van der Waals surface area contributed by atoms with Crippen LogP contribution in [0.5, 0.6) is 5.75 Å². The highest BCUT2D eigenvalue weighted by Crippen LogP contribution is 2.26. The number of rotatable bonds is 4. The number of methoxy groups -OCH3 is 1.